The summed E-state index contributed by atoms with van der Waals surface area (Å²) in [5.41, 5.74) is 0.166. The average Bonchev–Trinajstić information content (AvgIpc) is 2.72. The molecule has 1 unspecified atom stereocenters. The van der Waals surface area contributed by atoms with Crippen LogP contribution in [0.1, 0.15) is 27.6 Å². The zero-order valence-electron chi connectivity index (χ0n) is 16.2. The Morgan fingerprint density at radius 2 is 1.39 bits per heavy atom. The van der Waals surface area contributed by atoms with Crippen LogP contribution in [0.5, 0.6) is 0 Å². The van der Waals surface area contributed by atoms with Crippen LogP contribution in [0.4, 0.5) is 5.69 Å². The molecule has 14 heteroatoms. The lowest BCUT2D eigenvalue weighted by Gasteiger charge is -2.21. The fourth-order valence-electron chi connectivity index (χ4n) is 2.17. The summed E-state index contributed by atoms with van der Waals surface area (Å²) in [5, 5.41) is 53.9. The van der Waals surface area contributed by atoms with Crippen LogP contribution in [0.2, 0.25) is 0 Å². The molecule has 2 atom stereocenters. The minimum atomic E-state index is -1.35. The molecule has 174 valence electrons. The highest BCUT2D eigenvalue weighted by Crippen LogP contribution is 2.36. The Hall–Kier alpha value is -0.380. The Morgan fingerprint density at radius 3 is 1.84 bits per heavy atom. The van der Waals surface area contributed by atoms with E-state index in [4.69, 9.17) is 5.11 Å². The summed E-state index contributed by atoms with van der Waals surface area (Å²) < 4.78 is 0.790. The van der Waals surface area contributed by atoms with E-state index in [1.807, 2.05) is 45.2 Å². The predicted octanol–water partition coefficient (Wildman–Crippen LogP) is -1.01. The summed E-state index contributed by atoms with van der Waals surface area (Å²) in [6, 6.07) is -0.939. The zero-order valence-corrected chi connectivity index (χ0v) is 22.6. The lowest BCUT2D eigenvalue weighted by molar-refractivity contribution is -0.123. The molecule has 0 aliphatic carbocycles. The monoisotopic (exact) mass is 777 g/mol. The first-order valence-electron chi connectivity index (χ1n) is 8.79. The van der Waals surface area contributed by atoms with Gasteiger partial charge >= 0.3 is 0 Å². The van der Waals surface area contributed by atoms with Crippen LogP contribution in [0.25, 0.3) is 0 Å². The van der Waals surface area contributed by atoms with Gasteiger partial charge in [0.25, 0.3) is 17.7 Å². The highest BCUT2D eigenvalue weighted by atomic mass is 127. The molecule has 1 aromatic carbocycles. The molecule has 3 amide bonds. The summed E-state index contributed by atoms with van der Waals surface area (Å²) >= 11 is 5.43. The van der Waals surface area contributed by atoms with E-state index in [0.717, 1.165) is 0 Å². The van der Waals surface area contributed by atoms with Gasteiger partial charge in [-0.15, -0.1) is 0 Å². The summed E-state index contributed by atoms with van der Waals surface area (Å²) in [4.78, 5) is 37.8. The summed E-state index contributed by atoms with van der Waals surface area (Å²) in [6.07, 6.45) is -2.54. The molecule has 8 N–H and O–H groups in total. The van der Waals surface area contributed by atoms with Crippen molar-refractivity contribution in [2.45, 2.75) is 25.2 Å². The molecular formula is C17H22I3N3O8. The molecule has 0 spiro atoms. The number of hydrogen-bond donors (Lipinski definition) is 8. The summed E-state index contributed by atoms with van der Waals surface area (Å²) in [6.45, 7) is -0.586. The molecule has 0 saturated heterocycles. The highest BCUT2D eigenvalue weighted by molar-refractivity contribution is 14.1. The van der Waals surface area contributed by atoms with Gasteiger partial charge in [0.15, 0.2) is 0 Å². The summed E-state index contributed by atoms with van der Waals surface area (Å²) in [7, 11) is 0. The number of halogens is 3. The standard InChI is InChI=1S/C17H22I3N3O8/c1-6(27)15(29)23-14-12(19)9(16(30)21-2-8(28)5-26)11(18)10(13(14)20)17(31)22-7(3-24)4-25/h6-8,24-28H,2-5H2,1H3,(H,21,30)(H,22,31)(H,23,29)/t6-,8?/m1/s1. The fourth-order valence-corrected chi connectivity index (χ4v) is 6.59. The van der Waals surface area contributed by atoms with E-state index in [9.17, 15) is 34.8 Å². The first-order chi connectivity index (χ1) is 14.5. The Labute approximate surface area is 218 Å². The minimum Gasteiger partial charge on any atom is -0.394 e. The first-order valence-corrected chi connectivity index (χ1v) is 12.0. The van der Waals surface area contributed by atoms with E-state index in [2.05, 4.69) is 16.0 Å². The van der Waals surface area contributed by atoms with Crippen molar-refractivity contribution < 1.29 is 39.9 Å². The number of aliphatic hydroxyl groups excluding tert-OH is 5. The number of aliphatic hydroxyl groups is 5. The molecule has 0 fully saturated rings. The number of carbonyl (C=O) groups is 3. The zero-order chi connectivity index (χ0) is 23.9. The van der Waals surface area contributed by atoms with Gasteiger partial charge in [0, 0.05) is 10.1 Å². The van der Waals surface area contributed by atoms with E-state index in [-0.39, 0.29) is 34.1 Å². The highest BCUT2D eigenvalue weighted by Gasteiger charge is 2.30. The Balaban J connectivity index is 3.59. The second-order valence-electron chi connectivity index (χ2n) is 6.31. The Bertz CT molecular complexity index is 834. The molecule has 0 bridgehead atoms. The number of amides is 3. The van der Waals surface area contributed by atoms with Crippen LogP contribution in [0.15, 0.2) is 0 Å². The van der Waals surface area contributed by atoms with Crippen molar-refractivity contribution in [3.05, 3.63) is 21.8 Å². The molecule has 0 aromatic heterocycles. The predicted molar refractivity (Wildman–Crippen MR) is 136 cm³/mol. The smallest absolute Gasteiger partial charge is 0.253 e. The molecule has 11 nitrogen and oxygen atoms in total. The SMILES string of the molecule is C[C@@H](O)C(=O)Nc1c(I)c(C(=O)NCC(O)CO)c(I)c(C(=O)NC(CO)CO)c1I. The molecule has 1 aromatic rings. The van der Waals surface area contributed by atoms with E-state index in [0.29, 0.717) is 0 Å². The van der Waals surface area contributed by atoms with Gasteiger partial charge in [0.05, 0.1) is 55.9 Å². The van der Waals surface area contributed by atoms with Crippen LogP contribution >= 0.6 is 67.8 Å². The van der Waals surface area contributed by atoms with Crippen LogP contribution in [-0.4, -0.2) is 87.9 Å². The number of rotatable bonds is 10. The minimum absolute atomic E-state index is 0.0160. The van der Waals surface area contributed by atoms with Gasteiger partial charge < -0.3 is 41.5 Å². The van der Waals surface area contributed by atoms with Gasteiger partial charge in [0.1, 0.15) is 6.10 Å². The molecule has 0 saturated carbocycles. The first kappa shape index (κ1) is 28.7. The van der Waals surface area contributed by atoms with Crippen molar-refractivity contribution in [1.82, 2.24) is 10.6 Å². The molecule has 0 aliphatic heterocycles. The number of carbonyl (C=O) groups excluding carboxylic acids is 3. The summed E-state index contributed by atoms with van der Waals surface area (Å²) in [5.74, 6) is -2.12. The normalized spacial score (nSPS) is 13.0. The van der Waals surface area contributed by atoms with Crippen LogP contribution in [-0.2, 0) is 4.79 Å². The molecule has 31 heavy (non-hydrogen) atoms. The maximum absolute atomic E-state index is 12.9. The van der Waals surface area contributed by atoms with E-state index >= 15 is 0 Å². The molecular weight excluding hydrogens is 755 g/mol. The number of benzene rings is 1. The van der Waals surface area contributed by atoms with Gasteiger partial charge in [0.2, 0.25) is 0 Å². The van der Waals surface area contributed by atoms with Gasteiger partial charge in [-0.2, -0.15) is 0 Å². The maximum atomic E-state index is 12.9. The topological polar surface area (TPSA) is 188 Å². The maximum Gasteiger partial charge on any atom is 0.253 e. The van der Waals surface area contributed by atoms with Gasteiger partial charge in [-0.05, 0) is 74.7 Å². The lowest BCUT2D eigenvalue weighted by atomic mass is 10.1. The number of anilines is 1. The van der Waals surface area contributed by atoms with Crippen LogP contribution < -0.4 is 16.0 Å². The Kier molecular flexibility index (Phi) is 12.3. The quantitative estimate of drug-likeness (QED) is 0.139. The van der Waals surface area contributed by atoms with Crippen molar-refractivity contribution in [2.75, 3.05) is 31.7 Å². The molecule has 0 radical (unpaired) electrons. The molecule has 0 heterocycles. The average molecular weight is 777 g/mol. The number of nitrogens with one attached hydrogen (secondary N) is 3. The molecule has 1 rings (SSSR count). The van der Waals surface area contributed by atoms with Crippen molar-refractivity contribution in [3.63, 3.8) is 0 Å². The third-order valence-corrected chi connectivity index (χ3v) is 7.12. The third kappa shape index (κ3) is 7.57. The lowest BCUT2D eigenvalue weighted by Crippen LogP contribution is -2.41. The van der Waals surface area contributed by atoms with Crippen molar-refractivity contribution in [3.8, 4) is 0 Å². The van der Waals surface area contributed by atoms with Crippen molar-refractivity contribution in [1.29, 1.82) is 0 Å². The van der Waals surface area contributed by atoms with Crippen LogP contribution in [0.3, 0.4) is 0 Å². The second-order valence-corrected chi connectivity index (χ2v) is 9.55. The van der Waals surface area contributed by atoms with Gasteiger partial charge in [-0.3, -0.25) is 14.4 Å². The Morgan fingerprint density at radius 1 is 0.871 bits per heavy atom. The van der Waals surface area contributed by atoms with Gasteiger partial charge in [-0.1, -0.05) is 0 Å². The largest absolute Gasteiger partial charge is 0.394 e. The third-order valence-electron chi connectivity index (χ3n) is 3.88. The van der Waals surface area contributed by atoms with E-state index in [1.165, 1.54) is 6.92 Å². The molecule has 0 aliphatic rings. The van der Waals surface area contributed by atoms with E-state index in [1.54, 1.807) is 22.6 Å². The number of hydrogen-bond acceptors (Lipinski definition) is 8. The van der Waals surface area contributed by atoms with Crippen molar-refractivity contribution >= 4 is 91.2 Å². The van der Waals surface area contributed by atoms with Crippen LogP contribution in [0, 0.1) is 10.7 Å². The van der Waals surface area contributed by atoms with Crippen molar-refractivity contribution in [2.24, 2.45) is 0 Å². The van der Waals surface area contributed by atoms with E-state index < -0.39 is 55.8 Å². The van der Waals surface area contributed by atoms with Gasteiger partial charge in [-0.25, -0.2) is 0 Å². The fraction of sp³-hybridized carbons (Fsp3) is 0.471. The second kappa shape index (κ2) is 13.4.